The molecule has 0 bridgehead atoms. The molecule has 1 nitrogen and oxygen atoms in total. The fourth-order valence-corrected chi connectivity index (χ4v) is 2.31. The Balaban J connectivity index is 2.01. The standard InChI is InChI=1S/C20H19F3O/c21-20(22,23)19(24,16-14-18-11-5-2-6-12-18)15-8-7-13-17-9-3-1-4-10-17/h1-6,9-12,24H,7,13-14,16H2. The van der Waals surface area contributed by atoms with Crippen LogP contribution in [0.5, 0.6) is 0 Å². The van der Waals surface area contributed by atoms with Gasteiger partial charge in [0.15, 0.2) is 0 Å². The first-order valence-corrected chi connectivity index (χ1v) is 7.78. The topological polar surface area (TPSA) is 20.2 Å². The van der Waals surface area contributed by atoms with E-state index in [9.17, 15) is 18.3 Å². The molecule has 2 aromatic carbocycles. The summed E-state index contributed by atoms with van der Waals surface area (Å²) in [6.45, 7) is 0. The number of rotatable bonds is 5. The van der Waals surface area contributed by atoms with Gasteiger partial charge in [-0.05, 0) is 24.0 Å². The van der Waals surface area contributed by atoms with Crippen molar-refractivity contribution >= 4 is 0 Å². The lowest BCUT2D eigenvalue weighted by molar-refractivity contribution is -0.237. The first kappa shape index (κ1) is 18.1. The largest absolute Gasteiger partial charge is 0.428 e. The molecule has 1 atom stereocenters. The van der Waals surface area contributed by atoms with Gasteiger partial charge >= 0.3 is 6.18 Å². The lowest BCUT2D eigenvalue weighted by atomic mass is 9.94. The minimum absolute atomic E-state index is 0.115. The molecule has 0 saturated carbocycles. The van der Waals surface area contributed by atoms with Crippen LogP contribution in [0.1, 0.15) is 24.0 Å². The monoisotopic (exact) mass is 332 g/mol. The summed E-state index contributed by atoms with van der Waals surface area (Å²) in [6.07, 6.45) is -4.31. The maximum Gasteiger partial charge on any atom is 0.428 e. The van der Waals surface area contributed by atoms with Crippen LogP contribution in [0.4, 0.5) is 13.2 Å². The van der Waals surface area contributed by atoms with Gasteiger partial charge in [-0.25, -0.2) is 0 Å². The minimum atomic E-state index is -4.78. The maximum absolute atomic E-state index is 13.2. The van der Waals surface area contributed by atoms with Crippen LogP contribution in [0.15, 0.2) is 60.7 Å². The molecule has 0 fully saturated rings. The third kappa shape index (κ3) is 5.14. The van der Waals surface area contributed by atoms with E-state index in [2.05, 4.69) is 11.8 Å². The summed E-state index contributed by atoms with van der Waals surface area (Å²) in [5.41, 5.74) is -1.22. The zero-order chi connectivity index (χ0) is 17.5. The van der Waals surface area contributed by atoms with Crippen molar-refractivity contribution in [3.63, 3.8) is 0 Å². The second kappa shape index (κ2) is 8.03. The molecule has 0 radical (unpaired) electrons. The summed E-state index contributed by atoms with van der Waals surface area (Å²) in [6, 6.07) is 18.2. The van der Waals surface area contributed by atoms with Gasteiger partial charge in [-0.3, -0.25) is 0 Å². The molecule has 4 heteroatoms. The molecule has 2 aromatic rings. The highest BCUT2D eigenvalue weighted by molar-refractivity contribution is 5.22. The minimum Gasteiger partial charge on any atom is -0.370 e. The zero-order valence-electron chi connectivity index (χ0n) is 13.2. The van der Waals surface area contributed by atoms with Crippen molar-refractivity contribution in [1.82, 2.24) is 0 Å². The van der Waals surface area contributed by atoms with Crippen LogP contribution in [0, 0.1) is 11.8 Å². The first-order valence-electron chi connectivity index (χ1n) is 7.78. The van der Waals surface area contributed by atoms with E-state index in [0.717, 1.165) is 11.1 Å². The van der Waals surface area contributed by atoms with Gasteiger partial charge < -0.3 is 5.11 Å². The number of hydrogen-bond donors (Lipinski definition) is 1. The second-order valence-corrected chi connectivity index (χ2v) is 5.63. The number of aryl methyl sites for hydroxylation is 2. The molecular formula is C20H19F3O. The van der Waals surface area contributed by atoms with Crippen molar-refractivity contribution in [3.05, 3.63) is 71.8 Å². The number of halogens is 3. The molecule has 2 rings (SSSR count). The van der Waals surface area contributed by atoms with Crippen molar-refractivity contribution in [2.75, 3.05) is 0 Å². The SMILES string of the molecule is OC(C#CCCc1ccccc1)(CCc1ccccc1)C(F)(F)F. The van der Waals surface area contributed by atoms with Gasteiger partial charge in [0.1, 0.15) is 0 Å². The molecule has 0 amide bonds. The zero-order valence-corrected chi connectivity index (χ0v) is 13.2. The molecule has 0 heterocycles. The number of aliphatic hydroxyl groups is 1. The fourth-order valence-electron chi connectivity index (χ4n) is 2.31. The van der Waals surface area contributed by atoms with E-state index in [0.29, 0.717) is 6.42 Å². The lowest BCUT2D eigenvalue weighted by Crippen LogP contribution is -2.44. The van der Waals surface area contributed by atoms with Gasteiger partial charge in [0.2, 0.25) is 5.60 Å². The van der Waals surface area contributed by atoms with Crippen molar-refractivity contribution in [1.29, 1.82) is 0 Å². The van der Waals surface area contributed by atoms with Gasteiger partial charge in [0.25, 0.3) is 0 Å². The number of hydrogen-bond acceptors (Lipinski definition) is 1. The summed E-state index contributed by atoms with van der Waals surface area (Å²) in [7, 11) is 0. The van der Waals surface area contributed by atoms with E-state index >= 15 is 0 Å². The van der Waals surface area contributed by atoms with Gasteiger partial charge in [0.05, 0.1) is 0 Å². The van der Waals surface area contributed by atoms with Crippen LogP contribution in [0.2, 0.25) is 0 Å². The van der Waals surface area contributed by atoms with Crippen LogP contribution in [-0.2, 0) is 12.8 Å². The number of alkyl halides is 3. The quantitative estimate of drug-likeness (QED) is 0.797. The Morgan fingerprint density at radius 2 is 1.29 bits per heavy atom. The summed E-state index contributed by atoms with van der Waals surface area (Å²) in [5, 5.41) is 10.0. The summed E-state index contributed by atoms with van der Waals surface area (Å²) in [5.74, 6) is 4.55. The van der Waals surface area contributed by atoms with E-state index in [-0.39, 0.29) is 12.8 Å². The van der Waals surface area contributed by atoms with Gasteiger partial charge in [-0.2, -0.15) is 13.2 Å². The van der Waals surface area contributed by atoms with Crippen molar-refractivity contribution in [3.8, 4) is 11.8 Å². The van der Waals surface area contributed by atoms with Crippen molar-refractivity contribution < 1.29 is 18.3 Å². The molecule has 0 spiro atoms. The van der Waals surface area contributed by atoms with Gasteiger partial charge in [-0.15, -0.1) is 0 Å². The summed E-state index contributed by atoms with van der Waals surface area (Å²) < 4.78 is 39.6. The summed E-state index contributed by atoms with van der Waals surface area (Å²) >= 11 is 0. The maximum atomic E-state index is 13.2. The summed E-state index contributed by atoms with van der Waals surface area (Å²) in [4.78, 5) is 0. The van der Waals surface area contributed by atoms with Crippen LogP contribution in [0.25, 0.3) is 0 Å². The third-order valence-electron chi connectivity index (χ3n) is 3.76. The Bertz CT molecular complexity index is 684. The van der Waals surface area contributed by atoms with Crippen LogP contribution in [-0.4, -0.2) is 16.9 Å². The van der Waals surface area contributed by atoms with Crippen molar-refractivity contribution in [2.45, 2.75) is 37.5 Å². The van der Waals surface area contributed by atoms with E-state index in [1.165, 1.54) is 0 Å². The first-order chi connectivity index (χ1) is 11.4. The molecular weight excluding hydrogens is 313 g/mol. The normalized spacial score (nSPS) is 13.7. The fraction of sp³-hybridized carbons (Fsp3) is 0.300. The Morgan fingerprint density at radius 3 is 1.79 bits per heavy atom. The van der Waals surface area contributed by atoms with Crippen molar-refractivity contribution in [2.24, 2.45) is 0 Å². The van der Waals surface area contributed by atoms with Gasteiger partial charge in [0, 0.05) is 12.8 Å². The molecule has 1 N–H and O–H groups in total. The molecule has 0 saturated heterocycles. The Labute approximate surface area is 140 Å². The lowest BCUT2D eigenvalue weighted by Gasteiger charge is -2.25. The Morgan fingerprint density at radius 1 is 0.792 bits per heavy atom. The second-order valence-electron chi connectivity index (χ2n) is 5.63. The smallest absolute Gasteiger partial charge is 0.370 e. The highest BCUT2D eigenvalue weighted by Gasteiger charge is 2.52. The molecule has 0 aliphatic carbocycles. The third-order valence-corrected chi connectivity index (χ3v) is 3.76. The van der Waals surface area contributed by atoms with E-state index in [1.807, 2.05) is 30.3 Å². The Hall–Kier alpha value is -2.25. The molecule has 0 aliphatic rings. The molecule has 0 aliphatic heterocycles. The molecule has 0 aromatic heterocycles. The average molecular weight is 332 g/mol. The van der Waals surface area contributed by atoms with Crippen LogP contribution >= 0.6 is 0 Å². The van der Waals surface area contributed by atoms with E-state index < -0.39 is 18.2 Å². The molecule has 1 unspecified atom stereocenters. The van der Waals surface area contributed by atoms with Gasteiger partial charge in [-0.1, -0.05) is 72.5 Å². The van der Waals surface area contributed by atoms with E-state index in [1.54, 1.807) is 30.3 Å². The molecule has 24 heavy (non-hydrogen) atoms. The Kier molecular flexibility index (Phi) is 6.05. The average Bonchev–Trinajstić information content (AvgIpc) is 2.58. The number of benzene rings is 2. The predicted octanol–water partition coefficient (Wildman–Crippen LogP) is 4.55. The highest BCUT2D eigenvalue weighted by atomic mass is 19.4. The highest BCUT2D eigenvalue weighted by Crippen LogP contribution is 2.33. The van der Waals surface area contributed by atoms with Crippen LogP contribution < -0.4 is 0 Å². The molecule has 126 valence electrons. The van der Waals surface area contributed by atoms with E-state index in [4.69, 9.17) is 0 Å². The van der Waals surface area contributed by atoms with Crippen LogP contribution in [0.3, 0.4) is 0 Å². The predicted molar refractivity (Wildman–Crippen MR) is 88.3 cm³/mol.